The van der Waals surface area contributed by atoms with Crippen LogP contribution in [0.25, 0.3) is 0 Å². The molecule has 2 aromatic carbocycles. The molecule has 0 amide bonds. The van der Waals surface area contributed by atoms with Crippen LogP contribution in [0.2, 0.25) is 0 Å². The molecule has 1 atom stereocenters. The van der Waals surface area contributed by atoms with Gasteiger partial charge in [0.15, 0.2) is 0 Å². The van der Waals surface area contributed by atoms with Crippen molar-refractivity contribution in [1.29, 1.82) is 0 Å². The van der Waals surface area contributed by atoms with Gasteiger partial charge in [-0.15, -0.1) is 0 Å². The molecule has 0 saturated carbocycles. The summed E-state index contributed by atoms with van der Waals surface area (Å²) in [6, 6.07) is 16.9. The zero-order valence-corrected chi connectivity index (χ0v) is 19.4. The van der Waals surface area contributed by atoms with Gasteiger partial charge < -0.3 is 19.3 Å². The first-order valence-electron chi connectivity index (χ1n) is 10.9. The van der Waals surface area contributed by atoms with E-state index in [4.69, 9.17) is 14.2 Å². The highest BCUT2D eigenvalue weighted by Crippen LogP contribution is 2.31. The molecule has 0 heterocycles. The molecule has 174 valence electrons. The van der Waals surface area contributed by atoms with E-state index in [9.17, 15) is 14.7 Å². The Morgan fingerprint density at radius 3 is 2.28 bits per heavy atom. The summed E-state index contributed by atoms with van der Waals surface area (Å²) in [5, 5.41) is 9.46. The number of aliphatic hydroxyl groups is 1. The molecule has 1 unspecified atom stereocenters. The van der Waals surface area contributed by atoms with Crippen molar-refractivity contribution in [3.8, 4) is 0 Å². The lowest BCUT2D eigenvalue weighted by Gasteiger charge is -2.30. The second-order valence-electron chi connectivity index (χ2n) is 8.59. The Morgan fingerprint density at radius 1 is 0.938 bits per heavy atom. The summed E-state index contributed by atoms with van der Waals surface area (Å²) in [7, 11) is 0. The average Bonchev–Trinajstić information content (AvgIpc) is 2.78. The smallest absolute Gasteiger partial charge is 0.316 e. The van der Waals surface area contributed by atoms with E-state index in [1.807, 2.05) is 61.5 Å². The highest BCUT2D eigenvalue weighted by Gasteiger charge is 2.37. The maximum atomic E-state index is 13.3. The predicted octanol–water partition coefficient (Wildman–Crippen LogP) is 3.97. The predicted molar refractivity (Wildman–Crippen MR) is 122 cm³/mol. The minimum absolute atomic E-state index is 0.128. The average molecular weight is 443 g/mol. The van der Waals surface area contributed by atoms with Crippen LogP contribution in [0.5, 0.6) is 0 Å². The molecule has 0 aromatic heterocycles. The number of carbonyl (C=O) groups is 2. The molecular formula is C26H34O6. The van der Waals surface area contributed by atoms with E-state index < -0.39 is 11.0 Å². The fraction of sp³-hybridized carbons (Fsp3) is 0.462. The van der Waals surface area contributed by atoms with E-state index in [-0.39, 0.29) is 38.2 Å². The van der Waals surface area contributed by atoms with E-state index in [1.54, 1.807) is 20.8 Å². The minimum Gasteiger partial charge on any atom is -0.466 e. The van der Waals surface area contributed by atoms with Gasteiger partial charge in [0, 0.05) is 6.61 Å². The van der Waals surface area contributed by atoms with E-state index >= 15 is 0 Å². The van der Waals surface area contributed by atoms with Crippen LogP contribution in [-0.4, -0.2) is 42.5 Å². The SMILES string of the molecule is CCOC(=O)Cc1cccc(C(C)(CCOC(C)(C)CO)C(=O)OCc2ccccc2)c1. The van der Waals surface area contributed by atoms with Crippen molar-refractivity contribution in [3.05, 3.63) is 71.3 Å². The summed E-state index contributed by atoms with van der Waals surface area (Å²) in [6.45, 7) is 7.78. The molecule has 0 saturated heterocycles. The van der Waals surface area contributed by atoms with Crippen LogP contribution >= 0.6 is 0 Å². The third kappa shape index (κ3) is 7.46. The maximum Gasteiger partial charge on any atom is 0.316 e. The molecule has 6 heteroatoms. The number of rotatable bonds is 12. The summed E-state index contributed by atoms with van der Waals surface area (Å²) >= 11 is 0. The van der Waals surface area contributed by atoms with Crippen molar-refractivity contribution in [2.45, 2.75) is 58.2 Å². The summed E-state index contributed by atoms with van der Waals surface area (Å²) in [5.74, 6) is -0.689. The summed E-state index contributed by atoms with van der Waals surface area (Å²) in [4.78, 5) is 25.2. The number of benzene rings is 2. The lowest BCUT2D eigenvalue weighted by molar-refractivity contribution is -0.153. The third-order valence-electron chi connectivity index (χ3n) is 5.36. The molecule has 32 heavy (non-hydrogen) atoms. The van der Waals surface area contributed by atoms with Gasteiger partial charge in [-0.1, -0.05) is 54.6 Å². The minimum atomic E-state index is -0.995. The molecule has 2 rings (SSSR count). The Morgan fingerprint density at radius 2 is 1.62 bits per heavy atom. The zero-order chi connectivity index (χ0) is 23.6. The topological polar surface area (TPSA) is 82.1 Å². The molecule has 0 aliphatic carbocycles. The molecule has 6 nitrogen and oxygen atoms in total. The van der Waals surface area contributed by atoms with E-state index in [0.29, 0.717) is 13.0 Å². The van der Waals surface area contributed by atoms with Gasteiger partial charge in [-0.05, 0) is 50.8 Å². The normalized spacial score (nSPS) is 13.3. The number of carbonyl (C=O) groups excluding carboxylic acids is 2. The maximum absolute atomic E-state index is 13.3. The molecule has 0 bridgehead atoms. The Bertz CT molecular complexity index is 877. The fourth-order valence-electron chi connectivity index (χ4n) is 3.23. The largest absolute Gasteiger partial charge is 0.466 e. The van der Waals surface area contributed by atoms with Crippen molar-refractivity contribution in [3.63, 3.8) is 0 Å². The summed E-state index contributed by atoms with van der Waals surface area (Å²) in [6.07, 6.45) is 0.484. The van der Waals surface area contributed by atoms with Crippen molar-refractivity contribution in [1.82, 2.24) is 0 Å². The van der Waals surface area contributed by atoms with Gasteiger partial charge in [-0.3, -0.25) is 9.59 Å². The zero-order valence-electron chi connectivity index (χ0n) is 19.4. The highest BCUT2D eigenvalue weighted by molar-refractivity contribution is 5.83. The van der Waals surface area contributed by atoms with Crippen LogP contribution < -0.4 is 0 Å². The standard InChI is InChI=1S/C26H34O6/c1-5-30-23(28)17-21-12-9-13-22(16-21)26(4,14-15-32-25(2,3)19-27)24(29)31-18-20-10-7-6-8-11-20/h6-13,16,27H,5,14-15,17-19H2,1-4H3. The van der Waals surface area contributed by atoms with Crippen LogP contribution in [0.15, 0.2) is 54.6 Å². The first-order chi connectivity index (χ1) is 15.2. The van der Waals surface area contributed by atoms with Gasteiger partial charge in [-0.2, -0.15) is 0 Å². The number of esters is 2. The first kappa shape index (κ1) is 25.6. The van der Waals surface area contributed by atoms with E-state index in [0.717, 1.165) is 16.7 Å². The van der Waals surface area contributed by atoms with Crippen LogP contribution in [0.3, 0.4) is 0 Å². The Kier molecular flexibility index (Phi) is 9.42. The molecule has 1 N–H and O–H groups in total. The van der Waals surface area contributed by atoms with Crippen LogP contribution in [0, 0.1) is 0 Å². The van der Waals surface area contributed by atoms with Crippen molar-refractivity contribution >= 4 is 11.9 Å². The first-order valence-corrected chi connectivity index (χ1v) is 10.9. The van der Waals surface area contributed by atoms with Gasteiger partial charge in [0.2, 0.25) is 0 Å². The van der Waals surface area contributed by atoms with Crippen LogP contribution in [0.1, 0.15) is 50.8 Å². The molecule has 0 aliphatic heterocycles. The third-order valence-corrected chi connectivity index (χ3v) is 5.36. The van der Waals surface area contributed by atoms with Gasteiger partial charge in [0.05, 0.1) is 30.7 Å². The Hall–Kier alpha value is -2.70. The number of ether oxygens (including phenoxy) is 3. The summed E-state index contributed by atoms with van der Waals surface area (Å²) in [5.41, 5.74) is 0.699. The van der Waals surface area contributed by atoms with Gasteiger partial charge >= 0.3 is 11.9 Å². The molecular weight excluding hydrogens is 408 g/mol. The quantitative estimate of drug-likeness (QED) is 0.501. The van der Waals surface area contributed by atoms with Crippen LogP contribution in [0.4, 0.5) is 0 Å². The fourth-order valence-corrected chi connectivity index (χ4v) is 3.23. The molecule has 0 aliphatic rings. The molecule has 0 radical (unpaired) electrons. The lowest BCUT2D eigenvalue weighted by Crippen LogP contribution is -2.38. The monoisotopic (exact) mass is 442 g/mol. The Balaban J connectivity index is 2.24. The van der Waals surface area contributed by atoms with Gasteiger partial charge in [-0.25, -0.2) is 0 Å². The molecule has 0 fully saturated rings. The van der Waals surface area contributed by atoms with Crippen molar-refractivity contribution < 1.29 is 28.9 Å². The molecule has 2 aromatic rings. The second-order valence-corrected chi connectivity index (χ2v) is 8.59. The second kappa shape index (κ2) is 11.8. The lowest BCUT2D eigenvalue weighted by atomic mass is 9.79. The van der Waals surface area contributed by atoms with Gasteiger partial charge in [0.25, 0.3) is 0 Å². The van der Waals surface area contributed by atoms with Crippen molar-refractivity contribution in [2.75, 3.05) is 19.8 Å². The van der Waals surface area contributed by atoms with E-state index in [2.05, 4.69) is 0 Å². The van der Waals surface area contributed by atoms with Gasteiger partial charge in [0.1, 0.15) is 6.61 Å². The number of hydrogen-bond donors (Lipinski definition) is 1. The summed E-state index contributed by atoms with van der Waals surface area (Å²) < 4.78 is 16.5. The number of aliphatic hydroxyl groups excluding tert-OH is 1. The Labute approximate surface area is 190 Å². The van der Waals surface area contributed by atoms with E-state index in [1.165, 1.54) is 0 Å². The highest BCUT2D eigenvalue weighted by atomic mass is 16.5. The molecule has 0 spiro atoms. The van der Waals surface area contributed by atoms with Crippen LogP contribution in [-0.2, 0) is 42.2 Å². The van der Waals surface area contributed by atoms with Crippen molar-refractivity contribution in [2.24, 2.45) is 0 Å². The number of hydrogen-bond acceptors (Lipinski definition) is 6.